The molecule has 0 saturated heterocycles. The van der Waals surface area contributed by atoms with Crippen molar-refractivity contribution in [1.82, 2.24) is 0 Å². The van der Waals surface area contributed by atoms with Crippen LogP contribution in [0.3, 0.4) is 0 Å². The topological polar surface area (TPSA) is 62.1 Å². The van der Waals surface area contributed by atoms with Crippen molar-refractivity contribution in [3.8, 4) is 11.8 Å². The number of amides is 1. The lowest BCUT2D eigenvalue weighted by atomic mass is 9.72. The Morgan fingerprint density at radius 1 is 1.39 bits per heavy atom. The normalized spacial score (nSPS) is 16.4. The van der Waals surface area contributed by atoms with Gasteiger partial charge >= 0.3 is 6.61 Å². The quantitative estimate of drug-likeness (QED) is 0.719. The SMILES string of the molecule is CC(C)(C)C1CCc2c(sc(NC(=O)c3cccc(OC(F)F)c3)c2C#N)C1. The van der Waals surface area contributed by atoms with Gasteiger partial charge in [-0.25, -0.2) is 0 Å². The van der Waals surface area contributed by atoms with Gasteiger partial charge in [-0.1, -0.05) is 26.8 Å². The second-order valence-corrected chi connectivity index (χ2v) is 9.09. The van der Waals surface area contributed by atoms with Crippen LogP contribution in [0.15, 0.2) is 24.3 Å². The maximum Gasteiger partial charge on any atom is 0.387 e. The molecule has 0 aliphatic heterocycles. The Balaban J connectivity index is 1.83. The summed E-state index contributed by atoms with van der Waals surface area (Å²) in [6, 6.07) is 7.84. The van der Waals surface area contributed by atoms with Gasteiger partial charge in [0.1, 0.15) is 16.8 Å². The molecule has 0 saturated carbocycles. The van der Waals surface area contributed by atoms with Gasteiger partial charge in [-0.15, -0.1) is 11.3 Å². The van der Waals surface area contributed by atoms with Crippen molar-refractivity contribution in [2.24, 2.45) is 11.3 Å². The molecule has 1 heterocycles. The van der Waals surface area contributed by atoms with Crippen LogP contribution in [0, 0.1) is 22.7 Å². The Morgan fingerprint density at radius 2 is 2.14 bits per heavy atom. The third kappa shape index (κ3) is 4.33. The number of alkyl halides is 2. The molecule has 0 bridgehead atoms. The number of nitrogens with one attached hydrogen (secondary N) is 1. The molecule has 7 heteroatoms. The Morgan fingerprint density at radius 3 is 2.79 bits per heavy atom. The molecule has 1 amide bonds. The monoisotopic (exact) mass is 404 g/mol. The van der Waals surface area contributed by atoms with Crippen molar-refractivity contribution in [3.05, 3.63) is 45.8 Å². The number of fused-ring (bicyclic) bond motifs is 1. The molecule has 1 aliphatic rings. The Hall–Kier alpha value is -2.46. The number of hydrogen-bond donors (Lipinski definition) is 1. The molecule has 148 valence electrons. The van der Waals surface area contributed by atoms with E-state index in [0.29, 0.717) is 16.5 Å². The largest absolute Gasteiger partial charge is 0.435 e. The highest BCUT2D eigenvalue weighted by atomic mass is 32.1. The lowest BCUT2D eigenvalue weighted by molar-refractivity contribution is -0.0498. The smallest absolute Gasteiger partial charge is 0.387 e. The van der Waals surface area contributed by atoms with Gasteiger partial charge in [0.25, 0.3) is 5.91 Å². The van der Waals surface area contributed by atoms with Crippen molar-refractivity contribution >= 4 is 22.2 Å². The molecule has 28 heavy (non-hydrogen) atoms. The number of benzene rings is 1. The number of nitriles is 1. The number of hydrogen-bond acceptors (Lipinski definition) is 4. The van der Waals surface area contributed by atoms with Crippen molar-refractivity contribution in [2.75, 3.05) is 5.32 Å². The molecule has 1 N–H and O–H groups in total. The maximum absolute atomic E-state index is 12.6. The number of halogens is 2. The van der Waals surface area contributed by atoms with E-state index in [2.05, 4.69) is 36.9 Å². The maximum atomic E-state index is 12.6. The molecule has 0 radical (unpaired) electrons. The number of rotatable bonds is 4. The van der Waals surface area contributed by atoms with E-state index < -0.39 is 12.5 Å². The van der Waals surface area contributed by atoms with E-state index in [1.54, 1.807) is 0 Å². The third-order valence-corrected chi connectivity index (χ3v) is 6.32. The van der Waals surface area contributed by atoms with Gasteiger partial charge in [0, 0.05) is 10.4 Å². The van der Waals surface area contributed by atoms with Crippen LogP contribution in [0.2, 0.25) is 0 Å². The Labute approximate surface area is 167 Å². The van der Waals surface area contributed by atoms with Crippen LogP contribution in [0.4, 0.5) is 13.8 Å². The fourth-order valence-corrected chi connectivity index (χ4v) is 4.79. The number of carbonyl (C=O) groups excluding carboxylic acids is 1. The highest BCUT2D eigenvalue weighted by Gasteiger charge is 2.32. The minimum atomic E-state index is -2.96. The lowest BCUT2D eigenvalue weighted by Crippen LogP contribution is -2.26. The van der Waals surface area contributed by atoms with Crippen molar-refractivity contribution in [2.45, 2.75) is 46.6 Å². The van der Waals surface area contributed by atoms with E-state index in [4.69, 9.17) is 0 Å². The minimum absolute atomic E-state index is 0.0818. The first-order valence-electron chi connectivity index (χ1n) is 9.10. The predicted octanol–water partition coefficient (Wildman–Crippen LogP) is 5.62. The first-order valence-corrected chi connectivity index (χ1v) is 9.91. The Kier molecular flexibility index (Phi) is 5.71. The van der Waals surface area contributed by atoms with E-state index in [9.17, 15) is 18.8 Å². The summed E-state index contributed by atoms with van der Waals surface area (Å²) in [5.74, 6) is -0.0132. The molecule has 0 spiro atoms. The summed E-state index contributed by atoms with van der Waals surface area (Å²) >= 11 is 1.44. The molecule has 2 aromatic rings. The molecule has 1 aromatic carbocycles. The van der Waals surface area contributed by atoms with E-state index >= 15 is 0 Å². The summed E-state index contributed by atoms with van der Waals surface area (Å²) in [5.41, 5.74) is 1.92. The standard InChI is InChI=1S/C21H22F2N2O2S/c1-21(2,3)13-7-8-15-16(11-24)19(28-17(15)10-13)25-18(26)12-5-4-6-14(9-12)27-20(22)23/h4-6,9,13,20H,7-8,10H2,1-3H3,(H,25,26). The lowest BCUT2D eigenvalue weighted by Gasteiger charge is -2.33. The zero-order valence-corrected chi connectivity index (χ0v) is 16.8. The van der Waals surface area contributed by atoms with Gasteiger partial charge in [0.2, 0.25) is 0 Å². The predicted molar refractivity (Wildman–Crippen MR) is 105 cm³/mol. The van der Waals surface area contributed by atoms with Gasteiger partial charge in [0.05, 0.1) is 5.56 Å². The van der Waals surface area contributed by atoms with Crippen LogP contribution in [-0.2, 0) is 12.8 Å². The van der Waals surface area contributed by atoms with E-state index in [1.807, 2.05) is 0 Å². The molecule has 1 atom stereocenters. The van der Waals surface area contributed by atoms with E-state index in [-0.39, 0.29) is 16.7 Å². The average Bonchev–Trinajstić information content (AvgIpc) is 2.96. The zero-order chi connectivity index (χ0) is 20.5. The fraction of sp³-hybridized carbons (Fsp3) is 0.429. The molecule has 1 unspecified atom stereocenters. The van der Waals surface area contributed by atoms with E-state index in [0.717, 1.165) is 29.7 Å². The zero-order valence-electron chi connectivity index (χ0n) is 16.0. The van der Waals surface area contributed by atoms with Crippen LogP contribution in [-0.4, -0.2) is 12.5 Å². The highest BCUT2D eigenvalue weighted by molar-refractivity contribution is 7.16. The third-order valence-electron chi connectivity index (χ3n) is 5.15. The van der Waals surface area contributed by atoms with Crippen molar-refractivity contribution in [1.29, 1.82) is 5.26 Å². The number of thiophene rings is 1. The first kappa shape index (κ1) is 20.3. The van der Waals surface area contributed by atoms with Crippen molar-refractivity contribution < 1.29 is 18.3 Å². The highest BCUT2D eigenvalue weighted by Crippen LogP contribution is 2.44. The molecule has 1 aliphatic carbocycles. The molecule has 1 aromatic heterocycles. The van der Waals surface area contributed by atoms with Crippen LogP contribution < -0.4 is 10.1 Å². The van der Waals surface area contributed by atoms with Gasteiger partial charge in [-0.05, 0) is 54.4 Å². The molecular formula is C21H22F2N2O2S. The molecule has 0 fully saturated rings. The van der Waals surface area contributed by atoms with Crippen LogP contribution in [0.25, 0.3) is 0 Å². The summed E-state index contributed by atoms with van der Waals surface area (Å²) in [5, 5.41) is 12.9. The number of nitrogens with zero attached hydrogens (tertiary/aromatic N) is 1. The summed E-state index contributed by atoms with van der Waals surface area (Å²) < 4.78 is 29.1. The van der Waals surface area contributed by atoms with Crippen LogP contribution >= 0.6 is 11.3 Å². The van der Waals surface area contributed by atoms with Crippen LogP contribution in [0.5, 0.6) is 5.75 Å². The van der Waals surface area contributed by atoms with Gasteiger partial charge < -0.3 is 10.1 Å². The van der Waals surface area contributed by atoms with Crippen LogP contribution in [0.1, 0.15) is 53.6 Å². The van der Waals surface area contributed by atoms with Gasteiger partial charge in [0.15, 0.2) is 0 Å². The summed E-state index contributed by atoms with van der Waals surface area (Å²) in [6.07, 6.45) is 2.73. The molecule has 3 rings (SSSR count). The van der Waals surface area contributed by atoms with Gasteiger partial charge in [-0.3, -0.25) is 4.79 Å². The summed E-state index contributed by atoms with van der Waals surface area (Å²) in [6.45, 7) is 3.71. The van der Waals surface area contributed by atoms with Crippen molar-refractivity contribution in [3.63, 3.8) is 0 Å². The number of ether oxygens (including phenoxy) is 1. The summed E-state index contributed by atoms with van der Waals surface area (Å²) in [4.78, 5) is 13.7. The Bertz CT molecular complexity index is 925. The molecular weight excluding hydrogens is 382 g/mol. The minimum Gasteiger partial charge on any atom is -0.435 e. The summed E-state index contributed by atoms with van der Waals surface area (Å²) in [7, 11) is 0. The number of anilines is 1. The second-order valence-electron chi connectivity index (χ2n) is 7.99. The van der Waals surface area contributed by atoms with E-state index in [1.165, 1.54) is 35.6 Å². The number of carbonyl (C=O) groups is 1. The fourth-order valence-electron chi connectivity index (χ4n) is 3.52. The second kappa shape index (κ2) is 7.88. The molecule has 4 nitrogen and oxygen atoms in total. The average molecular weight is 404 g/mol. The first-order chi connectivity index (χ1) is 13.2. The van der Waals surface area contributed by atoms with Gasteiger partial charge in [-0.2, -0.15) is 14.0 Å².